The molecule has 0 bridgehead atoms. The molecule has 0 aliphatic carbocycles. The van der Waals surface area contributed by atoms with Gasteiger partial charge in [0.25, 0.3) is 0 Å². The van der Waals surface area contributed by atoms with Crippen LogP contribution in [0.3, 0.4) is 0 Å². The zero-order valence-electron chi connectivity index (χ0n) is 14.5. The Morgan fingerprint density at radius 2 is 1.92 bits per heavy atom. The minimum Gasteiger partial charge on any atom is -0.347 e. The lowest BCUT2D eigenvalue weighted by Crippen LogP contribution is -2.54. The van der Waals surface area contributed by atoms with Crippen molar-refractivity contribution >= 4 is 26.8 Å². The molecule has 4 heteroatoms. The van der Waals surface area contributed by atoms with Gasteiger partial charge in [0.05, 0.1) is 0 Å². The number of hydrogen-bond donors (Lipinski definition) is 0. The Hall–Kier alpha value is -0.840. The number of piperidine rings is 1. The SMILES string of the molecule is Brc1ccc2c(ccn2CCCCN2CCN3CCCCC3C2)c1. The minimum absolute atomic E-state index is 0.847. The summed E-state index contributed by atoms with van der Waals surface area (Å²) >= 11 is 3.56. The van der Waals surface area contributed by atoms with E-state index in [0.29, 0.717) is 0 Å². The highest BCUT2D eigenvalue weighted by molar-refractivity contribution is 9.10. The quantitative estimate of drug-likeness (QED) is 0.703. The summed E-state index contributed by atoms with van der Waals surface area (Å²) < 4.78 is 3.57. The molecule has 2 saturated heterocycles. The molecule has 130 valence electrons. The second kappa shape index (κ2) is 7.59. The molecule has 24 heavy (non-hydrogen) atoms. The molecule has 4 rings (SSSR count). The number of unbranched alkanes of at least 4 members (excludes halogenated alkanes) is 1. The number of halogens is 1. The maximum atomic E-state index is 3.56. The van der Waals surface area contributed by atoms with E-state index >= 15 is 0 Å². The largest absolute Gasteiger partial charge is 0.347 e. The molecular weight excluding hydrogens is 362 g/mol. The fraction of sp³-hybridized carbons (Fsp3) is 0.600. The molecule has 2 aliphatic heterocycles. The summed E-state index contributed by atoms with van der Waals surface area (Å²) in [5.41, 5.74) is 1.36. The van der Waals surface area contributed by atoms with Crippen molar-refractivity contribution in [1.82, 2.24) is 14.4 Å². The highest BCUT2D eigenvalue weighted by Crippen LogP contribution is 2.22. The summed E-state index contributed by atoms with van der Waals surface area (Å²) in [5, 5.41) is 1.33. The second-order valence-corrected chi connectivity index (χ2v) is 8.32. The summed E-state index contributed by atoms with van der Waals surface area (Å²) in [7, 11) is 0. The Labute approximate surface area is 153 Å². The van der Waals surface area contributed by atoms with Crippen molar-refractivity contribution in [1.29, 1.82) is 0 Å². The standard InChI is InChI=1S/C20H28BrN3/c21-18-6-7-20-17(15-18)8-12-24(20)11-4-3-9-22-13-14-23-10-2-1-5-19(23)16-22/h6-8,12,15,19H,1-5,9-11,13-14,16H2. The maximum absolute atomic E-state index is 3.56. The lowest BCUT2D eigenvalue weighted by atomic mass is 9.99. The van der Waals surface area contributed by atoms with Crippen LogP contribution in [0.1, 0.15) is 32.1 Å². The first-order valence-electron chi connectivity index (χ1n) is 9.50. The van der Waals surface area contributed by atoms with Gasteiger partial charge in [-0.25, -0.2) is 0 Å². The number of fused-ring (bicyclic) bond motifs is 2. The predicted octanol–water partition coefficient (Wildman–Crippen LogP) is 4.35. The van der Waals surface area contributed by atoms with Gasteiger partial charge in [0.1, 0.15) is 0 Å². The molecule has 1 unspecified atom stereocenters. The van der Waals surface area contributed by atoms with Crippen LogP contribution >= 0.6 is 15.9 Å². The van der Waals surface area contributed by atoms with Gasteiger partial charge in [0.2, 0.25) is 0 Å². The zero-order valence-corrected chi connectivity index (χ0v) is 16.0. The van der Waals surface area contributed by atoms with Crippen molar-refractivity contribution in [2.45, 2.75) is 44.7 Å². The van der Waals surface area contributed by atoms with Gasteiger partial charge in [-0.15, -0.1) is 0 Å². The number of aryl methyl sites for hydroxylation is 1. The van der Waals surface area contributed by atoms with E-state index in [2.05, 4.69) is 60.8 Å². The highest BCUT2D eigenvalue weighted by atomic mass is 79.9. The summed E-state index contributed by atoms with van der Waals surface area (Å²) in [4.78, 5) is 5.43. The second-order valence-electron chi connectivity index (χ2n) is 7.41. The normalized spacial score (nSPS) is 22.8. The third kappa shape index (κ3) is 3.71. The van der Waals surface area contributed by atoms with Crippen LogP contribution in [0.4, 0.5) is 0 Å². The minimum atomic E-state index is 0.847. The lowest BCUT2D eigenvalue weighted by Gasteiger charge is -2.44. The van der Waals surface area contributed by atoms with Crippen LogP contribution in [-0.4, -0.2) is 53.1 Å². The third-order valence-electron chi connectivity index (χ3n) is 5.78. The molecule has 0 amide bonds. The number of hydrogen-bond acceptors (Lipinski definition) is 2. The first kappa shape index (κ1) is 16.6. The van der Waals surface area contributed by atoms with Gasteiger partial charge in [-0.05, 0) is 63.0 Å². The van der Waals surface area contributed by atoms with Gasteiger partial charge in [-0.1, -0.05) is 22.4 Å². The van der Waals surface area contributed by atoms with Crippen LogP contribution in [0, 0.1) is 0 Å². The van der Waals surface area contributed by atoms with Gasteiger partial charge in [0.15, 0.2) is 0 Å². The van der Waals surface area contributed by atoms with Crippen LogP contribution in [0.5, 0.6) is 0 Å². The van der Waals surface area contributed by atoms with Gasteiger partial charge >= 0.3 is 0 Å². The number of aromatic nitrogens is 1. The molecule has 0 N–H and O–H groups in total. The van der Waals surface area contributed by atoms with Gasteiger partial charge in [-0.2, -0.15) is 0 Å². The van der Waals surface area contributed by atoms with Gasteiger partial charge in [-0.3, -0.25) is 4.90 Å². The number of benzene rings is 1. The monoisotopic (exact) mass is 389 g/mol. The molecule has 0 spiro atoms. The van der Waals surface area contributed by atoms with E-state index in [1.54, 1.807) is 0 Å². The molecule has 2 fully saturated rings. The number of piperazine rings is 1. The zero-order chi connectivity index (χ0) is 16.4. The molecule has 2 aliphatic rings. The average molecular weight is 390 g/mol. The molecule has 0 radical (unpaired) electrons. The molecule has 3 nitrogen and oxygen atoms in total. The van der Waals surface area contributed by atoms with Crippen LogP contribution in [0.2, 0.25) is 0 Å². The summed E-state index contributed by atoms with van der Waals surface area (Å²) in [5.74, 6) is 0. The summed E-state index contributed by atoms with van der Waals surface area (Å²) in [6.07, 6.45) is 9.08. The Balaban J connectivity index is 1.24. The molecule has 1 atom stereocenters. The molecular formula is C20H28BrN3. The number of nitrogens with zero attached hydrogens (tertiary/aromatic N) is 3. The van der Waals surface area contributed by atoms with Gasteiger partial charge in [0, 0.05) is 53.8 Å². The number of rotatable bonds is 5. The Bertz CT molecular complexity index is 681. The molecule has 0 saturated carbocycles. The van der Waals surface area contributed by atoms with E-state index < -0.39 is 0 Å². The fourth-order valence-corrected chi connectivity index (χ4v) is 4.79. The molecule has 2 aromatic rings. The van der Waals surface area contributed by atoms with Crippen LogP contribution < -0.4 is 0 Å². The Kier molecular flexibility index (Phi) is 5.25. The van der Waals surface area contributed by atoms with E-state index in [1.165, 1.54) is 75.7 Å². The molecule has 1 aromatic heterocycles. The first-order chi connectivity index (χ1) is 11.8. The van der Waals surface area contributed by atoms with Gasteiger partial charge < -0.3 is 9.47 Å². The van der Waals surface area contributed by atoms with Crippen molar-refractivity contribution in [3.63, 3.8) is 0 Å². The summed E-state index contributed by atoms with van der Waals surface area (Å²) in [6, 6.07) is 9.64. The summed E-state index contributed by atoms with van der Waals surface area (Å²) in [6.45, 7) is 7.62. The first-order valence-corrected chi connectivity index (χ1v) is 10.3. The predicted molar refractivity (Wildman–Crippen MR) is 105 cm³/mol. The fourth-order valence-electron chi connectivity index (χ4n) is 4.41. The molecule has 1 aromatic carbocycles. The van der Waals surface area contributed by atoms with E-state index in [1.807, 2.05) is 0 Å². The van der Waals surface area contributed by atoms with E-state index in [0.717, 1.165) is 17.1 Å². The highest BCUT2D eigenvalue weighted by Gasteiger charge is 2.28. The Morgan fingerprint density at radius 3 is 2.88 bits per heavy atom. The van der Waals surface area contributed by atoms with Crippen LogP contribution in [-0.2, 0) is 6.54 Å². The van der Waals surface area contributed by atoms with Crippen molar-refractivity contribution in [2.24, 2.45) is 0 Å². The average Bonchev–Trinajstić information content (AvgIpc) is 3.00. The lowest BCUT2D eigenvalue weighted by molar-refractivity contribution is 0.0486. The van der Waals surface area contributed by atoms with Crippen molar-refractivity contribution in [3.05, 3.63) is 34.9 Å². The van der Waals surface area contributed by atoms with E-state index in [-0.39, 0.29) is 0 Å². The van der Waals surface area contributed by atoms with Crippen LogP contribution in [0.25, 0.3) is 10.9 Å². The maximum Gasteiger partial charge on any atom is 0.0481 e. The molecule has 3 heterocycles. The Morgan fingerprint density at radius 1 is 1.00 bits per heavy atom. The van der Waals surface area contributed by atoms with Crippen molar-refractivity contribution in [3.8, 4) is 0 Å². The van der Waals surface area contributed by atoms with Crippen LogP contribution in [0.15, 0.2) is 34.9 Å². The van der Waals surface area contributed by atoms with E-state index in [9.17, 15) is 0 Å². The smallest absolute Gasteiger partial charge is 0.0481 e. The third-order valence-corrected chi connectivity index (χ3v) is 6.27. The van der Waals surface area contributed by atoms with Crippen molar-refractivity contribution in [2.75, 3.05) is 32.7 Å². The van der Waals surface area contributed by atoms with E-state index in [4.69, 9.17) is 0 Å². The van der Waals surface area contributed by atoms with Crippen molar-refractivity contribution < 1.29 is 0 Å². The topological polar surface area (TPSA) is 11.4 Å².